The predicted molar refractivity (Wildman–Crippen MR) is 96.7 cm³/mol. The number of nitrogens with zero attached hydrogens (tertiary/aromatic N) is 2. The first kappa shape index (κ1) is 17.9. The lowest BCUT2D eigenvalue weighted by atomic mass is 10.1. The third-order valence-corrected chi connectivity index (χ3v) is 4.57. The fourth-order valence-corrected chi connectivity index (χ4v) is 2.91. The highest BCUT2D eigenvalue weighted by Gasteiger charge is 2.13. The number of hydrogen-bond acceptors (Lipinski definition) is 4. The number of carbonyl (C=O) groups excluding carboxylic acids is 2. The van der Waals surface area contributed by atoms with E-state index in [9.17, 15) is 9.59 Å². The van der Waals surface area contributed by atoms with Gasteiger partial charge in [0.1, 0.15) is 0 Å². The van der Waals surface area contributed by atoms with Crippen molar-refractivity contribution in [3.8, 4) is 0 Å². The molecule has 1 unspecified atom stereocenters. The molecule has 0 bridgehead atoms. The molecule has 3 amide bonds. The topological polar surface area (TPSA) is 74.3 Å². The summed E-state index contributed by atoms with van der Waals surface area (Å²) in [6, 6.07) is 4.98. The number of hydrogen-bond donors (Lipinski definition) is 2. The molecule has 128 valence electrons. The average molecular weight is 346 g/mol. The van der Waals surface area contributed by atoms with Gasteiger partial charge in [-0.3, -0.25) is 4.79 Å². The van der Waals surface area contributed by atoms with E-state index in [1.165, 1.54) is 4.90 Å². The second kappa shape index (κ2) is 7.92. The lowest BCUT2D eigenvalue weighted by Gasteiger charge is -2.14. The third kappa shape index (κ3) is 4.55. The summed E-state index contributed by atoms with van der Waals surface area (Å²) in [6.45, 7) is 4.38. The molecule has 6 nitrogen and oxygen atoms in total. The molecule has 0 radical (unpaired) electrons. The Kier molecular flexibility index (Phi) is 5.92. The van der Waals surface area contributed by atoms with Gasteiger partial charge in [-0.25, -0.2) is 9.78 Å². The van der Waals surface area contributed by atoms with Gasteiger partial charge in [0.2, 0.25) is 0 Å². The van der Waals surface area contributed by atoms with Crippen molar-refractivity contribution in [3.63, 3.8) is 0 Å². The molecule has 1 atom stereocenters. The highest BCUT2D eigenvalue weighted by atomic mass is 32.1. The summed E-state index contributed by atoms with van der Waals surface area (Å²) in [7, 11) is 3.43. The summed E-state index contributed by atoms with van der Waals surface area (Å²) in [5, 5.41) is 8.54. The van der Waals surface area contributed by atoms with Gasteiger partial charge < -0.3 is 15.5 Å². The molecule has 0 fully saturated rings. The first-order valence-corrected chi connectivity index (χ1v) is 8.53. The van der Waals surface area contributed by atoms with Gasteiger partial charge in [-0.15, -0.1) is 11.3 Å². The Morgan fingerprint density at radius 2 is 2.08 bits per heavy atom. The Balaban J connectivity index is 1.92. The molecular weight excluding hydrogens is 324 g/mol. The van der Waals surface area contributed by atoms with Crippen molar-refractivity contribution < 1.29 is 9.59 Å². The summed E-state index contributed by atoms with van der Waals surface area (Å²) < 4.78 is 0. The molecule has 1 aromatic carbocycles. The van der Waals surface area contributed by atoms with Gasteiger partial charge in [0.25, 0.3) is 5.91 Å². The summed E-state index contributed by atoms with van der Waals surface area (Å²) in [4.78, 5) is 29.8. The number of rotatable bonds is 5. The number of thiazole rings is 1. The SMILES string of the molecule is Cc1cc(NC(=O)NCC(C)c2nccs2)ccc1C(=O)N(C)C. The molecule has 2 N–H and O–H groups in total. The molecule has 1 heterocycles. The van der Waals surface area contributed by atoms with Gasteiger partial charge in [0.15, 0.2) is 0 Å². The van der Waals surface area contributed by atoms with E-state index in [0.29, 0.717) is 17.8 Å². The van der Waals surface area contributed by atoms with Gasteiger partial charge >= 0.3 is 6.03 Å². The van der Waals surface area contributed by atoms with E-state index in [1.54, 1.807) is 49.8 Å². The minimum absolute atomic E-state index is 0.0548. The van der Waals surface area contributed by atoms with Gasteiger partial charge in [-0.1, -0.05) is 6.92 Å². The van der Waals surface area contributed by atoms with Crippen molar-refractivity contribution in [1.82, 2.24) is 15.2 Å². The number of benzene rings is 1. The molecule has 0 spiro atoms. The third-order valence-electron chi connectivity index (χ3n) is 3.56. The molecule has 24 heavy (non-hydrogen) atoms. The van der Waals surface area contributed by atoms with Gasteiger partial charge in [0.05, 0.1) is 5.01 Å². The van der Waals surface area contributed by atoms with Crippen molar-refractivity contribution in [2.24, 2.45) is 0 Å². The van der Waals surface area contributed by atoms with E-state index in [1.807, 2.05) is 19.2 Å². The van der Waals surface area contributed by atoms with Crippen LogP contribution in [-0.4, -0.2) is 42.5 Å². The maximum absolute atomic E-state index is 12.0. The summed E-state index contributed by atoms with van der Waals surface area (Å²) in [5.41, 5.74) is 2.10. The van der Waals surface area contributed by atoms with Crippen LogP contribution >= 0.6 is 11.3 Å². The fourth-order valence-electron chi connectivity index (χ4n) is 2.21. The highest BCUT2D eigenvalue weighted by molar-refractivity contribution is 7.09. The van der Waals surface area contributed by atoms with Crippen LogP contribution in [-0.2, 0) is 0 Å². The van der Waals surface area contributed by atoms with E-state index in [-0.39, 0.29) is 17.9 Å². The van der Waals surface area contributed by atoms with Crippen LogP contribution in [0.15, 0.2) is 29.8 Å². The molecule has 2 rings (SSSR count). The second-order valence-corrected chi connectivity index (χ2v) is 6.76. The van der Waals surface area contributed by atoms with Gasteiger partial charge in [0, 0.05) is 49.4 Å². The molecule has 7 heteroatoms. The molecule has 0 aliphatic heterocycles. The Bertz CT molecular complexity index is 713. The van der Waals surface area contributed by atoms with Crippen molar-refractivity contribution in [2.75, 3.05) is 26.0 Å². The van der Waals surface area contributed by atoms with Gasteiger partial charge in [-0.2, -0.15) is 0 Å². The van der Waals surface area contributed by atoms with E-state index in [0.717, 1.165) is 10.6 Å². The number of urea groups is 1. The first-order valence-electron chi connectivity index (χ1n) is 7.65. The number of carbonyl (C=O) groups is 2. The number of anilines is 1. The van der Waals surface area contributed by atoms with Crippen LogP contribution in [0.1, 0.15) is 33.8 Å². The quantitative estimate of drug-likeness (QED) is 0.874. The molecule has 1 aromatic heterocycles. The first-order chi connectivity index (χ1) is 11.4. The minimum Gasteiger partial charge on any atom is -0.345 e. The van der Waals surface area contributed by atoms with Crippen LogP contribution in [0.4, 0.5) is 10.5 Å². The molecule has 0 aliphatic carbocycles. The van der Waals surface area contributed by atoms with Crippen LogP contribution < -0.4 is 10.6 Å². The van der Waals surface area contributed by atoms with Crippen LogP contribution in [0.2, 0.25) is 0 Å². The smallest absolute Gasteiger partial charge is 0.319 e. The monoisotopic (exact) mass is 346 g/mol. The summed E-state index contributed by atoms with van der Waals surface area (Å²) in [5.74, 6) is 0.110. The molecular formula is C17H22N4O2S. The highest BCUT2D eigenvalue weighted by Crippen LogP contribution is 2.18. The van der Waals surface area contributed by atoms with Crippen LogP contribution in [0.5, 0.6) is 0 Å². The maximum Gasteiger partial charge on any atom is 0.319 e. The normalized spacial score (nSPS) is 11.7. The van der Waals surface area contributed by atoms with E-state index in [4.69, 9.17) is 0 Å². The zero-order valence-corrected chi connectivity index (χ0v) is 15.1. The standard InChI is InChI=1S/C17H22N4O2S/c1-11-9-13(5-6-14(11)16(22)21(3)4)20-17(23)19-10-12(2)15-18-7-8-24-15/h5-9,12H,10H2,1-4H3,(H2,19,20,23). The Labute approximate surface area is 145 Å². The van der Waals surface area contributed by atoms with Gasteiger partial charge in [-0.05, 0) is 30.7 Å². The minimum atomic E-state index is -0.274. The molecule has 0 saturated carbocycles. The van der Waals surface area contributed by atoms with Crippen LogP contribution in [0.3, 0.4) is 0 Å². The maximum atomic E-state index is 12.0. The molecule has 0 aliphatic rings. The molecule has 2 aromatic rings. The number of aryl methyl sites for hydroxylation is 1. The number of nitrogens with one attached hydrogen (secondary N) is 2. The average Bonchev–Trinajstić information content (AvgIpc) is 3.06. The Morgan fingerprint density at radius 1 is 1.33 bits per heavy atom. The van der Waals surface area contributed by atoms with E-state index < -0.39 is 0 Å². The predicted octanol–water partition coefficient (Wildman–Crippen LogP) is 3.08. The van der Waals surface area contributed by atoms with Crippen molar-refractivity contribution >= 4 is 29.0 Å². The van der Waals surface area contributed by atoms with E-state index >= 15 is 0 Å². The fraction of sp³-hybridized carbons (Fsp3) is 0.353. The number of amides is 3. The van der Waals surface area contributed by atoms with Crippen molar-refractivity contribution in [2.45, 2.75) is 19.8 Å². The Hall–Kier alpha value is -2.41. The number of aromatic nitrogens is 1. The summed E-state index contributed by atoms with van der Waals surface area (Å²) >= 11 is 1.58. The van der Waals surface area contributed by atoms with Crippen LogP contribution in [0, 0.1) is 6.92 Å². The van der Waals surface area contributed by atoms with Crippen molar-refractivity contribution in [3.05, 3.63) is 45.9 Å². The van der Waals surface area contributed by atoms with Crippen LogP contribution in [0.25, 0.3) is 0 Å². The second-order valence-electron chi connectivity index (χ2n) is 5.84. The lowest BCUT2D eigenvalue weighted by Crippen LogP contribution is -2.31. The largest absolute Gasteiger partial charge is 0.345 e. The zero-order valence-electron chi connectivity index (χ0n) is 14.3. The Morgan fingerprint density at radius 3 is 2.67 bits per heavy atom. The summed E-state index contributed by atoms with van der Waals surface area (Å²) in [6.07, 6.45) is 1.76. The van der Waals surface area contributed by atoms with Crippen molar-refractivity contribution in [1.29, 1.82) is 0 Å². The zero-order chi connectivity index (χ0) is 17.7. The lowest BCUT2D eigenvalue weighted by molar-refractivity contribution is 0.0827. The molecule has 0 saturated heterocycles. The van der Waals surface area contributed by atoms with E-state index in [2.05, 4.69) is 15.6 Å².